The number of pyridine rings is 1. The number of ether oxygens (including phenoxy) is 1. The summed E-state index contributed by atoms with van der Waals surface area (Å²) >= 11 is 2.33. The standard InChI is InChI=1S/C19H21IN4O/c1-25-18-5-3-2-4-17(18)23-10-8-22(9-11-23)13-16-14-24-12-15(20)6-7-19(24)21-16/h2-7,12,14H,8-11,13H2,1H3. The van der Waals surface area contributed by atoms with Crippen molar-refractivity contribution < 1.29 is 4.74 Å². The highest BCUT2D eigenvalue weighted by molar-refractivity contribution is 14.1. The maximum atomic E-state index is 5.50. The summed E-state index contributed by atoms with van der Waals surface area (Å²) in [4.78, 5) is 9.61. The van der Waals surface area contributed by atoms with Gasteiger partial charge in [-0.25, -0.2) is 4.98 Å². The summed E-state index contributed by atoms with van der Waals surface area (Å²) in [7, 11) is 1.74. The fourth-order valence-electron chi connectivity index (χ4n) is 3.36. The third kappa shape index (κ3) is 3.59. The molecule has 6 heteroatoms. The summed E-state index contributed by atoms with van der Waals surface area (Å²) in [5, 5.41) is 0. The monoisotopic (exact) mass is 448 g/mol. The summed E-state index contributed by atoms with van der Waals surface area (Å²) in [5.41, 5.74) is 3.34. The summed E-state index contributed by atoms with van der Waals surface area (Å²) in [5.74, 6) is 0.950. The number of imidazole rings is 1. The summed E-state index contributed by atoms with van der Waals surface area (Å²) in [6.07, 6.45) is 4.26. The Hall–Kier alpha value is -1.80. The van der Waals surface area contributed by atoms with Crippen molar-refractivity contribution >= 4 is 33.9 Å². The second-order valence-corrected chi connectivity index (χ2v) is 7.53. The van der Waals surface area contributed by atoms with Crippen molar-refractivity contribution in [2.45, 2.75) is 6.54 Å². The van der Waals surface area contributed by atoms with Crippen LogP contribution in [0.1, 0.15) is 5.69 Å². The Morgan fingerprint density at radius 2 is 1.84 bits per heavy atom. The highest BCUT2D eigenvalue weighted by atomic mass is 127. The summed E-state index contributed by atoms with van der Waals surface area (Å²) < 4.78 is 8.83. The van der Waals surface area contributed by atoms with Crippen LogP contribution in [0.2, 0.25) is 0 Å². The molecule has 1 aliphatic heterocycles. The van der Waals surface area contributed by atoms with Crippen LogP contribution in [0.25, 0.3) is 5.65 Å². The van der Waals surface area contributed by atoms with Gasteiger partial charge in [-0.15, -0.1) is 0 Å². The average Bonchev–Trinajstić information content (AvgIpc) is 3.03. The van der Waals surface area contributed by atoms with Gasteiger partial charge in [0.2, 0.25) is 0 Å². The fraction of sp³-hybridized carbons (Fsp3) is 0.316. The number of hydrogen-bond donors (Lipinski definition) is 0. The number of fused-ring (bicyclic) bond motifs is 1. The minimum Gasteiger partial charge on any atom is -0.495 e. The van der Waals surface area contributed by atoms with E-state index in [1.807, 2.05) is 12.1 Å². The van der Waals surface area contributed by atoms with Gasteiger partial charge in [-0.05, 0) is 46.9 Å². The van der Waals surface area contributed by atoms with Gasteiger partial charge in [-0.1, -0.05) is 12.1 Å². The Morgan fingerprint density at radius 3 is 2.64 bits per heavy atom. The third-order valence-corrected chi connectivity index (χ3v) is 5.29. The third-order valence-electron chi connectivity index (χ3n) is 4.65. The quantitative estimate of drug-likeness (QED) is 0.574. The maximum absolute atomic E-state index is 5.50. The Bertz CT molecular complexity index is 871. The van der Waals surface area contributed by atoms with Crippen LogP contribution >= 0.6 is 22.6 Å². The number of nitrogens with zero attached hydrogens (tertiary/aromatic N) is 4. The molecule has 1 aliphatic rings. The molecule has 0 bridgehead atoms. The topological polar surface area (TPSA) is 33.0 Å². The molecule has 1 saturated heterocycles. The van der Waals surface area contributed by atoms with E-state index in [0.717, 1.165) is 49.8 Å². The van der Waals surface area contributed by atoms with E-state index in [1.54, 1.807) is 7.11 Å². The van der Waals surface area contributed by atoms with Crippen LogP contribution < -0.4 is 9.64 Å². The molecular weight excluding hydrogens is 427 g/mol. The van der Waals surface area contributed by atoms with Crippen molar-refractivity contribution in [3.05, 3.63) is 58.1 Å². The Kier molecular flexibility index (Phi) is 4.80. The smallest absolute Gasteiger partial charge is 0.142 e. The number of hydrogen-bond acceptors (Lipinski definition) is 4. The molecule has 4 rings (SSSR count). The van der Waals surface area contributed by atoms with Crippen molar-refractivity contribution in [3.63, 3.8) is 0 Å². The van der Waals surface area contributed by atoms with Crippen molar-refractivity contribution in [1.29, 1.82) is 0 Å². The van der Waals surface area contributed by atoms with Gasteiger partial charge in [0, 0.05) is 48.7 Å². The molecule has 5 nitrogen and oxygen atoms in total. The Labute approximate surface area is 161 Å². The molecule has 0 atom stereocenters. The Balaban J connectivity index is 1.41. The van der Waals surface area contributed by atoms with Crippen LogP contribution in [-0.4, -0.2) is 47.6 Å². The molecule has 3 heterocycles. The van der Waals surface area contributed by atoms with E-state index in [0.29, 0.717) is 0 Å². The fourth-order valence-corrected chi connectivity index (χ4v) is 3.84. The van der Waals surface area contributed by atoms with Crippen LogP contribution in [-0.2, 0) is 6.54 Å². The first kappa shape index (κ1) is 16.7. The van der Waals surface area contributed by atoms with Gasteiger partial charge in [0.25, 0.3) is 0 Å². The second-order valence-electron chi connectivity index (χ2n) is 6.28. The van der Waals surface area contributed by atoms with Crippen LogP contribution in [0.15, 0.2) is 48.8 Å². The Morgan fingerprint density at radius 1 is 1.04 bits per heavy atom. The number of para-hydroxylation sites is 2. The summed E-state index contributed by atoms with van der Waals surface area (Å²) in [6.45, 7) is 4.97. The predicted octanol–water partition coefficient (Wildman–Crippen LogP) is 3.27. The van der Waals surface area contributed by atoms with Gasteiger partial charge in [-0.2, -0.15) is 0 Å². The van der Waals surface area contributed by atoms with Gasteiger partial charge in [0.1, 0.15) is 11.4 Å². The molecule has 0 N–H and O–H groups in total. The molecule has 0 spiro atoms. The lowest BCUT2D eigenvalue weighted by Crippen LogP contribution is -2.46. The summed E-state index contributed by atoms with van der Waals surface area (Å²) in [6, 6.07) is 12.4. The molecule has 0 radical (unpaired) electrons. The SMILES string of the molecule is COc1ccccc1N1CCN(Cc2cn3cc(I)ccc3n2)CC1. The highest BCUT2D eigenvalue weighted by Gasteiger charge is 2.20. The zero-order valence-corrected chi connectivity index (χ0v) is 16.4. The number of halogens is 1. The van der Waals surface area contributed by atoms with E-state index in [2.05, 4.69) is 73.5 Å². The minimum absolute atomic E-state index is 0.901. The van der Waals surface area contributed by atoms with Crippen LogP contribution in [0.3, 0.4) is 0 Å². The van der Waals surface area contributed by atoms with Gasteiger partial charge < -0.3 is 14.0 Å². The zero-order valence-electron chi connectivity index (χ0n) is 14.2. The van der Waals surface area contributed by atoms with E-state index in [4.69, 9.17) is 9.72 Å². The second kappa shape index (κ2) is 7.21. The van der Waals surface area contributed by atoms with Crippen molar-refractivity contribution in [3.8, 4) is 5.75 Å². The number of rotatable bonds is 4. The normalized spacial score (nSPS) is 15.7. The van der Waals surface area contributed by atoms with Crippen LogP contribution in [0.5, 0.6) is 5.75 Å². The van der Waals surface area contributed by atoms with E-state index >= 15 is 0 Å². The first-order valence-corrected chi connectivity index (χ1v) is 9.54. The predicted molar refractivity (Wildman–Crippen MR) is 108 cm³/mol. The van der Waals surface area contributed by atoms with E-state index in [9.17, 15) is 0 Å². The first-order chi connectivity index (χ1) is 12.2. The van der Waals surface area contributed by atoms with Gasteiger partial charge in [0.15, 0.2) is 0 Å². The minimum atomic E-state index is 0.901. The molecule has 25 heavy (non-hydrogen) atoms. The number of methoxy groups -OCH3 is 1. The molecule has 2 aromatic heterocycles. The van der Waals surface area contributed by atoms with Gasteiger partial charge in [-0.3, -0.25) is 4.90 Å². The van der Waals surface area contributed by atoms with E-state index in [1.165, 1.54) is 9.26 Å². The lowest BCUT2D eigenvalue weighted by molar-refractivity contribution is 0.247. The van der Waals surface area contributed by atoms with E-state index in [-0.39, 0.29) is 0 Å². The lowest BCUT2D eigenvalue weighted by Gasteiger charge is -2.36. The molecule has 1 fully saturated rings. The number of benzene rings is 1. The van der Waals surface area contributed by atoms with Crippen molar-refractivity contribution in [2.24, 2.45) is 0 Å². The van der Waals surface area contributed by atoms with E-state index < -0.39 is 0 Å². The van der Waals surface area contributed by atoms with Crippen molar-refractivity contribution in [1.82, 2.24) is 14.3 Å². The maximum Gasteiger partial charge on any atom is 0.142 e. The molecular formula is C19H21IN4O. The lowest BCUT2D eigenvalue weighted by atomic mass is 10.2. The van der Waals surface area contributed by atoms with Gasteiger partial charge >= 0.3 is 0 Å². The number of aromatic nitrogens is 2. The molecule has 0 amide bonds. The molecule has 130 valence electrons. The molecule has 3 aromatic rings. The number of anilines is 1. The van der Waals surface area contributed by atoms with Crippen LogP contribution in [0.4, 0.5) is 5.69 Å². The highest BCUT2D eigenvalue weighted by Crippen LogP contribution is 2.28. The largest absolute Gasteiger partial charge is 0.495 e. The molecule has 0 aliphatic carbocycles. The average molecular weight is 448 g/mol. The van der Waals surface area contributed by atoms with Crippen molar-refractivity contribution in [2.75, 3.05) is 38.2 Å². The first-order valence-electron chi connectivity index (χ1n) is 8.46. The molecule has 0 saturated carbocycles. The molecule has 1 aromatic carbocycles. The van der Waals surface area contributed by atoms with Crippen LogP contribution in [0, 0.1) is 3.57 Å². The number of piperazine rings is 1. The zero-order chi connectivity index (χ0) is 17.2. The molecule has 0 unspecified atom stereocenters. The van der Waals surface area contributed by atoms with Gasteiger partial charge in [0.05, 0.1) is 18.5 Å².